The van der Waals surface area contributed by atoms with Crippen molar-refractivity contribution >= 4 is 21.6 Å². The van der Waals surface area contributed by atoms with Crippen molar-refractivity contribution in [3.63, 3.8) is 0 Å². The number of benzene rings is 1. The van der Waals surface area contributed by atoms with E-state index in [9.17, 15) is 18.6 Å². The molecule has 1 aliphatic rings. The highest BCUT2D eigenvalue weighted by molar-refractivity contribution is 7.89. The van der Waals surface area contributed by atoms with Crippen LogP contribution in [0.5, 0.6) is 0 Å². The van der Waals surface area contributed by atoms with Crippen LogP contribution in [0.15, 0.2) is 23.1 Å². The number of sulfonamides is 1. The van der Waals surface area contributed by atoms with Gasteiger partial charge < -0.3 is 10.2 Å². The van der Waals surface area contributed by atoms with Gasteiger partial charge in [-0.15, -0.1) is 0 Å². The maximum atomic E-state index is 12.5. The first kappa shape index (κ1) is 16.2. The lowest BCUT2D eigenvalue weighted by atomic mass is 9.97. The van der Waals surface area contributed by atoms with Gasteiger partial charge in [-0.3, -0.25) is 0 Å². The summed E-state index contributed by atoms with van der Waals surface area (Å²) in [7, 11) is -3.88. The number of rotatable bonds is 3. The van der Waals surface area contributed by atoms with Crippen molar-refractivity contribution in [1.82, 2.24) is 4.31 Å². The number of halogens is 1. The number of hydrogen-bond donors (Lipinski definition) is 2. The normalized spacial score (nSPS) is 24.7. The largest absolute Gasteiger partial charge is 0.390 e. The molecule has 0 radical (unpaired) electrons. The fraction of sp³-hybridized carbons (Fsp3) is 0.462. The summed E-state index contributed by atoms with van der Waals surface area (Å²) in [5.74, 6) is 0. The van der Waals surface area contributed by atoms with Crippen molar-refractivity contribution in [2.45, 2.75) is 29.9 Å². The highest BCUT2D eigenvalue weighted by atomic mass is 35.5. The molecule has 1 fully saturated rings. The Hall–Kier alpha value is -1.17. The molecule has 2 N–H and O–H groups in total. The maximum Gasteiger partial charge on any atom is 0.244 e. The molecule has 114 valence electrons. The lowest BCUT2D eigenvalue weighted by molar-refractivity contribution is -0.0536. The van der Waals surface area contributed by atoms with E-state index in [0.29, 0.717) is 0 Å². The first-order chi connectivity index (χ1) is 9.70. The molecular formula is C13H15ClN2O4S. The molecule has 0 aliphatic carbocycles. The van der Waals surface area contributed by atoms with Gasteiger partial charge in [0.1, 0.15) is 10.5 Å². The van der Waals surface area contributed by atoms with E-state index in [1.54, 1.807) is 0 Å². The topological polar surface area (TPSA) is 102 Å². The third-order valence-corrected chi connectivity index (χ3v) is 6.03. The predicted octanol–water partition coefficient (Wildman–Crippen LogP) is 0.718. The number of aliphatic hydroxyl groups excluding tert-OH is 1. The first-order valence-electron chi connectivity index (χ1n) is 6.31. The molecule has 0 spiro atoms. The van der Waals surface area contributed by atoms with Crippen LogP contribution in [-0.2, 0) is 10.0 Å². The molecule has 0 bridgehead atoms. The van der Waals surface area contributed by atoms with E-state index in [1.165, 1.54) is 25.1 Å². The minimum absolute atomic E-state index is 0.0402. The lowest BCUT2D eigenvalue weighted by Crippen LogP contribution is -2.44. The van der Waals surface area contributed by atoms with Gasteiger partial charge in [-0.25, -0.2) is 8.42 Å². The molecule has 2 atom stereocenters. The van der Waals surface area contributed by atoms with Crippen molar-refractivity contribution < 1.29 is 18.6 Å². The number of hydrogen-bond acceptors (Lipinski definition) is 5. The molecule has 2 unspecified atom stereocenters. The monoisotopic (exact) mass is 330 g/mol. The van der Waals surface area contributed by atoms with Crippen molar-refractivity contribution in [1.29, 1.82) is 5.26 Å². The molecule has 6 nitrogen and oxygen atoms in total. The van der Waals surface area contributed by atoms with E-state index < -0.39 is 21.7 Å². The Bertz CT molecular complexity index is 699. The third-order valence-electron chi connectivity index (χ3n) is 3.70. The summed E-state index contributed by atoms with van der Waals surface area (Å²) < 4.78 is 26.2. The number of nitriles is 1. The van der Waals surface area contributed by atoms with Gasteiger partial charge in [-0.2, -0.15) is 9.57 Å². The minimum atomic E-state index is -3.88. The van der Waals surface area contributed by atoms with Crippen LogP contribution < -0.4 is 0 Å². The summed E-state index contributed by atoms with van der Waals surface area (Å²) in [6.45, 7) is 1.33. The van der Waals surface area contributed by atoms with Crippen LogP contribution in [0.3, 0.4) is 0 Å². The molecule has 0 amide bonds. The minimum Gasteiger partial charge on any atom is -0.390 e. The molecular weight excluding hydrogens is 316 g/mol. The van der Waals surface area contributed by atoms with Gasteiger partial charge in [-0.1, -0.05) is 11.6 Å². The molecule has 0 aromatic heterocycles. The molecule has 0 saturated carbocycles. The summed E-state index contributed by atoms with van der Waals surface area (Å²) in [6, 6.07) is 5.81. The van der Waals surface area contributed by atoms with Gasteiger partial charge in [-0.05, 0) is 31.5 Å². The summed E-state index contributed by atoms with van der Waals surface area (Å²) in [4.78, 5) is -0.113. The fourth-order valence-electron chi connectivity index (χ4n) is 2.25. The average molecular weight is 331 g/mol. The van der Waals surface area contributed by atoms with Crippen LogP contribution in [0, 0.1) is 11.3 Å². The average Bonchev–Trinajstić information content (AvgIpc) is 2.83. The SMILES string of the molecule is CC(O)C1(O)CCN(S(=O)(=O)c2ccc(C#N)cc2Cl)C1. The summed E-state index contributed by atoms with van der Waals surface area (Å²) in [5, 5.41) is 28.5. The van der Waals surface area contributed by atoms with E-state index in [-0.39, 0.29) is 35.0 Å². The van der Waals surface area contributed by atoms with Crippen molar-refractivity contribution in [2.75, 3.05) is 13.1 Å². The van der Waals surface area contributed by atoms with Crippen molar-refractivity contribution in [2.24, 2.45) is 0 Å². The quantitative estimate of drug-likeness (QED) is 0.850. The van der Waals surface area contributed by atoms with Crippen LogP contribution in [0.4, 0.5) is 0 Å². The molecule has 1 aliphatic heterocycles. The molecule has 1 aromatic rings. The second kappa shape index (κ2) is 5.55. The summed E-state index contributed by atoms with van der Waals surface area (Å²) >= 11 is 5.94. The smallest absolute Gasteiger partial charge is 0.244 e. The molecule has 1 aromatic carbocycles. The number of β-amino-alcohol motifs (C(OH)–C–C–N with tert-alkyl or cyclic N) is 1. The predicted molar refractivity (Wildman–Crippen MR) is 76.2 cm³/mol. The zero-order valence-electron chi connectivity index (χ0n) is 11.3. The number of aliphatic hydroxyl groups is 2. The second-order valence-electron chi connectivity index (χ2n) is 5.13. The zero-order valence-corrected chi connectivity index (χ0v) is 12.9. The van der Waals surface area contributed by atoms with E-state index in [0.717, 1.165) is 4.31 Å². The highest BCUT2D eigenvalue weighted by Crippen LogP contribution is 2.32. The van der Waals surface area contributed by atoms with Crippen LogP contribution in [0.2, 0.25) is 5.02 Å². The highest BCUT2D eigenvalue weighted by Gasteiger charge is 2.45. The summed E-state index contributed by atoms with van der Waals surface area (Å²) in [5.41, 5.74) is -1.19. The Morgan fingerprint density at radius 1 is 1.52 bits per heavy atom. The molecule has 1 saturated heterocycles. The van der Waals surface area contributed by atoms with Gasteiger partial charge in [0.05, 0.1) is 22.8 Å². The van der Waals surface area contributed by atoms with Crippen LogP contribution >= 0.6 is 11.6 Å². The Kier molecular flexibility index (Phi) is 4.29. The van der Waals surface area contributed by atoms with Crippen molar-refractivity contribution in [3.8, 4) is 6.07 Å². The van der Waals surface area contributed by atoms with E-state index >= 15 is 0 Å². The van der Waals surface area contributed by atoms with Crippen molar-refractivity contribution in [3.05, 3.63) is 28.8 Å². The summed E-state index contributed by atoms with van der Waals surface area (Å²) in [6.07, 6.45) is -0.883. The van der Waals surface area contributed by atoms with E-state index in [2.05, 4.69) is 0 Å². The zero-order chi connectivity index (χ0) is 15.8. The Balaban J connectivity index is 2.35. The Morgan fingerprint density at radius 2 is 2.19 bits per heavy atom. The van der Waals surface area contributed by atoms with Crippen LogP contribution in [-0.4, -0.2) is 47.7 Å². The Morgan fingerprint density at radius 3 is 2.67 bits per heavy atom. The molecule has 21 heavy (non-hydrogen) atoms. The van der Waals surface area contributed by atoms with Crippen LogP contribution in [0.25, 0.3) is 0 Å². The van der Waals surface area contributed by atoms with E-state index in [4.69, 9.17) is 16.9 Å². The van der Waals surface area contributed by atoms with Gasteiger partial charge in [0.2, 0.25) is 10.0 Å². The molecule has 2 rings (SSSR count). The Labute approximate surface area is 128 Å². The fourth-order valence-corrected chi connectivity index (χ4v) is 4.27. The third kappa shape index (κ3) is 2.91. The molecule has 8 heteroatoms. The van der Waals surface area contributed by atoms with Gasteiger partial charge in [0, 0.05) is 13.1 Å². The standard InChI is InChI=1S/C13H15ClN2O4S/c1-9(17)13(18)4-5-16(8-13)21(19,20)12-3-2-10(7-15)6-11(12)14/h2-3,6,9,17-18H,4-5,8H2,1H3. The lowest BCUT2D eigenvalue weighted by Gasteiger charge is -2.26. The maximum absolute atomic E-state index is 12.5. The first-order valence-corrected chi connectivity index (χ1v) is 8.13. The van der Waals surface area contributed by atoms with Gasteiger partial charge >= 0.3 is 0 Å². The second-order valence-corrected chi connectivity index (χ2v) is 7.44. The van der Waals surface area contributed by atoms with Gasteiger partial charge in [0.25, 0.3) is 0 Å². The van der Waals surface area contributed by atoms with E-state index in [1.807, 2.05) is 6.07 Å². The molecule has 1 heterocycles. The number of nitrogens with zero attached hydrogens (tertiary/aromatic N) is 2. The van der Waals surface area contributed by atoms with Crippen LogP contribution in [0.1, 0.15) is 18.9 Å². The van der Waals surface area contributed by atoms with Gasteiger partial charge in [0.15, 0.2) is 0 Å².